The average molecular weight is 587 g/mol. The molecule has 1 aliphatic rings. The van der Waals surface area contributed by atoms with Crippen molar-refractivity contribution in [2.75, 3.05) is 11.5 Å². The lowest BCUT2D eigenvalue weighted by molar-refractivity contribution is -0.122. The molecule has 29 heavy (non-hydrogen) atoms. The first-order valence-corrected chi connectivity index (χ1v) is 10.5. The molecule has 0 saturated carbocycles. The van der Waals surface area contributed by atoms with Gasteiger partial charge in [-0.25, -0.2) is 9.29 Å². The average Bonchev–Trinajstić information content (AvgIpc) is 2.66. The van der Waals surface area contributed by atoms with Crippen LogP contribution >= 0.6 is 50.7 Å². The zero-order chi connectivity index (χ0) is 21.1. The van der Waals surface area contributed by atoms with Crippen molar-refractivity contribution in [2.24, 2.45) is 0 Å². The highest BCUT2D eigenvalue weighted by atomic mass is 127. The summed E-state index contributed by atoms with van der Waals surface area (Å²) in [5.74, 6) is -1.35. The number of thiocarbonyl (C=S) groups is 1. The van der Waals surface area contributed by atoms with Crippen molar-refractivity contribution < 1.29 is 18.7 Å². The van der Waals surface area contributed by atoms with Crippen molar-refractivity contribution in [3.05, 3.63) is 74.0 Å². The molecular formula is C20H13BrFIN2O3S. The predicted molar refractivity (Wildman–Crippen MR) is 125 cm³/mol. The first-order chi connectivity index (χ1) is 13.8. The molecular weight excluding hydrogens is 574 g/mol. The van der Waals surface area contributed by atoms with E-state index in [0.717, 1.165) is 8.47 Å². The van der Waals surface area contributed by atoms with E-state index in [1.165, 1.54) is 24.3 Å². The number of hydrogen-bond donors (Lipinski definition) is 1. The molecule has 2 aromatic rings. The molecule has 0 atom stereocenters. The quantitative estimate of drug-likeness (QED) is 0.183. The molecule has 0 aliphatic carbocycles. The van der Waals surface area contributed by atoms with Crippen LogP contribution in [0.15, 0.2) is 59.1 Å². The third kappa shape index (κ3) is 4.57. The molecule has 0 aromatic heterocycles. The van der Waals surface area contributed by atoms with E-state index in [1.807, 2.05) is 0 Å². The van der Waals surface area contributed by atoms with Crippen LogP contribution in [-0.4, -0.2) is 23.5 Å². The fourth-order valence-corrected chi connectivity index (χ4v) is 4.66. The summed E-state index contributed by atoms with van der Waals surface area (Å²) in [6.45, 7) is 3.95. The summed E-state index contributed by atoms with van der Waals surface area (Å²) in [4.78, 5) is 26.3. The van der Waals surface area contributed by atoms with Gasteiger partial charge in [-0.1, -0.05) is 24.8 Å². The zero-order valence-corrected chi connectivity index (χ0v) is 19.3. The second-order valence-corrected chi connectivity index (χ2v) is 8.23. The number of rotatable bonds is 5. The number of nitrogens with one attached hydrogen (secondary N) is 1. The molecule has 148 valence electrons. The molecule has 1 saturated heterocycles. The van der Waals surface area contributed by atoms with Gasteiger partial charge < -0.3 is 4.74 Å². The van der Waals surface area contributed by atoms with Gasteiger partial charge in [0.1, 0.15) is 23.7 Å². The Morgan fingerprint density at radius 3 is 2.69 bits per heavy atom. The van der Waals surface area contributed by atoms with Gasteiger partial charge in [-0.15, -0.1) is 0 Å². The maximum atomic E-state index is 14.2. The van der Waals surface area contributed by atoms with E-state index in [0.29, 0.717) is 22.4 Å². The zero-order valence-electron chi connectivity index (χ0n) is 14.7. The third-order valence-electron chi connectivity index (χ3n) is 3.87. The number of para-hydroxylation sites is 1. The molecule has 1 aliphatic heterocycles. The Labute approximate surface area is 193 Å². The molecule has 1 heterocycles. The number of nitrogens with zero attached hydrogens (tertiary/aromatic N) is 1. The number of carbonyl (C=O) groups excluding carboxylic acids is 2. The van der Waals surface area contributed by atoms with Gasteiger partial charge >= 0.3 is 0 Å². The molecule has 0 spiro atoms. The van der Waals surface area contributed by atoms with Gasteiger partial charge in [0.15, 0.2) is 5.11 Å². The largest absolute Gasteiger partial charge is 0.487 e. The lowest BCUT2D eigenvalue weighted by atomic mass is 10.1. The van der Waals surface area contributed by atoms with Gasteiger partial charge in [-0.2, -0.15) is 0 Å². The summed E-state index contributed by atoms with van der Waals surface area (Å²) in [5, 5.41) is 2.26. The minimum Gasteiger partial charge on any atom is -0.487 e. The third-order valence-corrected chi connectivity index (χ3v) is 5.55. The van der Waals surface area contributed by atoms with Crippen LogP contribution < -0.4 is 15.0 Å². The maximum Gasteiger partial charge on any atom is 0.270 e. The highest BCUT2D eigenvalue weighted by Crippen LogP contribution is 2.33. The monoisotopic (exact) mass is 586 g/mol. The van der Waals surface area contributed by atoms with Gasteiger partial charge in [0.25, 0.3) is 11.8 Å². The highest BCUT2D eigenvalue weighted by molar-refractivity contribution is 14.1. The van der Waals surface area contributed by atoms with Crippen LogP contribution in [0.4, 0.5) is 10.1 Å². The lowest BCUT2D eigenvalue weighted by Crippen LogP contribution is -2.54. The van der Waals surface area contributed by atoms with E-state index in [4.69, 9.17) is 17.0 Å². The van der Waals surface area contributed by atoms with E-state index in [9.17, 15) is 14.0 Å². The van der Waals surface area contributed by atoms with Crippen LogP contribution in [0.5, 0.6) is 5.75 Å². The lowest BCUT2D eigenvalue weighted by Gasteiger charge is -2.29. The molecule has 0 radical (unpaired) electrons. The van der Waals surface area contributed by atoms with Crippen LogP contribution in [0.25, 0.3) is 6.08 Å². The van der Waals surface area contributed by atoms with Crippen molar-refractivity contribution >= 4 is 79.4 Å². The molecule has 0 unspecified atom stereocenters. The van der Waals surface area contributed by atoms with E-state index >= 15 is 0 Å². The Bertz CT molecular complexity index is 1050. The van der Waals surface area contributed by atoms with Crippen molar-refractivity contribution in [3.63, 3.8) is 0 Å². The minimum atomic E-state index is -0.707. The molecule has 1 fully saturated rings. The molecule has 0 bridgehead atoms. The van der Waals surface area contributed by atoms with E-state index in [-0.39, 0.29) is 16.4 Å². The van der Waals surface area contributed by atoms with Crippen molar-refractivity contribution in [1.29, 1.82) is 0 Å². The standard InChI is InChI=1S/C20H13BrFIN2O3S/c1-2-7-28-17-13(21)9-11(10-15(17)23)8-12-18(26)24-20(29)25(19(12)27)16-6-4-3-5-14(16)22/h2-6,8-10H,1,7H2,(H,24,26,29)/b12-8+. The van der Waals surface area contributed by atoms with E-state index < -0.39 is 17.6 Å². The number of amides is 2. The van der Waals surface area contributed by atoms with Crippen LogP contribution in [0.2, 0.25) is 0 Å². The highest BCUT2D eigenvalue weighted by Gasteiger charge is 2.35. The SMILES string of the molecule is C=CCOc1c(Br)cc(/C=C2\C(=O)NC(=S)N(c3ccccc3F)C2=O)cc1I. The van der Waals surface area contributed by atoms with Crippen LogP contribution in [0, 0.1) is 9.39 Å². The fourth-order valence-electron chi connectivity index (χ4n) is 2.62. The summed E-state index contributed by atoms with van der Waals surface area (Å²) in [6.07, 6.45) is 3.06. The number of benzene rings is 2. The number of carbonyl (C=O) groups is 2. The second-order valence-electron chi connectivity index (χ2n) is 5.82. The van der Waals surface area contributed by atoms with Crippen molar-refractivity contribution in [2.45, 2.75) is 0 Å². The predicted octanol–water partition coefficient (Wildman–Crippen LogP) is 4.59. The second kappa shape index (κ2) is 9.14. The molecule has 2 amide bonds. The fraction of sp³-hybridized carbons (Fsp3) is 0.0500. The van der Waals surface area contributed by atoms with Gasteiger partial charge in [-0.05, 0) is 86.6 Å². The molecule has 3 rings (SSSR count). The first-order valence-electron chi connectivity index (χ1n) is 8.22. The van der Waals surface area contributed by atoms with E-state index in [2.05, 4.69) is 50.4 Å². The summed E-state index contributed by atoms with van der Waals surface area (Å²) >= 11 is 10.6. The number of halogens is 3. The Morgan fingerprint density at radius 1 is 1.31 bits per heavy atom. The Balaban J connectivity index is 2.01. The topological polar surface area (TPSA) is 58.6 Å². The number of anilines is 1. The minimum absolute atomic E-state index is 0.0302. The summed E-state index contributed by atoms with van der Waals surface area (Å²) in [7, 11) is 0. The summed E-state index contributed by atoms with van der Waals surface area (Å²) < 4.78 is 21.2. The summed E-state index contributed by atoms with van der Waals surface area (Å²) in [5.41, 5.74) is 0.397. The molecule has 1 N–H and O–H groups in total. The Kier molecular flexibility index (Phi) is 6.81. The van der Waals surface area contributed by atoms with Crippen LogP contribution in [0.1, 0.15) is 5.56 Å². The normalized spacial score (nSPS) is 15.5. The molecule has 2 aromatic carbocycles. The van der Waals surface area contributed by atoms with Crippen molar-refractivity contribution in [1.82, 2.24) is 5.32 Å². The van der Waals surface area contributed by atoms with Gasteiger partial charge in [-0.3, -0.25) is 14.9 Å². The van der Waals surface area contributed by atoms with Gasteiger partial charge in [0, 0.05) is 0 Å². The van der Waals surface area contributed by atoms with Crippen LogP contribution in [0.3, 0.4) is 0 Å². The Hall–Kier alpha value is -2.11. The van der Waals surface area contributed by atoms with E-state index in [1.54, 1.807) is 24.3 Å². The maximum absolute atomic E-state index is 14.2. The first kappa shape index (κ1) is 21.6. The molecule has 9 heteroatoms. The van der Waals surface area contributed by atoms with Gasteiger partial charge in [0.2, 0.25) is 0 Å². The summed E-state index contributed by atoms with van der Waals surface area (Å²) in [6, 6.07) is 9.19. The van der Waals surface area contributed by atoms with Gasteiger partial charge in [0.05, 0.1) is 13.7 Å². The smallest absolute Gasteiger partial charge is 0.270 e. The van der Waals surface area contributed by atoms with Crippen LogP contribution in [-0.2, 0) is 9.59 Å². The molecule has 5 nitrogen and oxygen atoms in total. The Morgan fingerprint density at radius 2 is 2.03 bits per heavy atom. The van der Waals surface area contributed by atoms with Crippen molar-refractivity contribution in [3.8, 4) is 5.75 Å². The number of hydrogen-bond acceptors (Lipinski definition) is 4. The number of ether oxygens (including phenoxy) is 1.